The monoisotopic (exact) mass is 203 g/mol. The lowest BCUT2D eigenvalue weighted by molar-refractivity contribution is -0.314. The minimum Gasteiger partial charge on any atom is -0.550 e. The van der Waals surface area contributed by atoms with E-state index in [1.54, 1.807) is 0 Å². The van der Waals surface area contributed by atoms with Crippen molar-refractivity contribution in [1.29, 1.82) is 0 Å². The quantitative estimate of drug-likeness (QED) is 0.561. The molecule has 0 bridgehead atoms. The summed E-state index contributed by atoms with van der Waals surface area (Å²) in [6.07, 6.45) is -0.819. The molecule has 0 heterocycles. The fourth-order valence-electron chi connectivity index (χ4n) is 1.94. The third-order valence-corrected chi connectivity index (χ3v) is 2.84. The van der Waals surface area contributed by atoms with Crippen molar-refractivity contribution in [2.24, 2.45) is 11.8 Å². The maximum Gasteiger partial charge on any atom is 0.0852 e. The van der Waals surface area contributed by atoms with Gasteiger partial charge in [0.2, 0.25) is 0 Å². The molecule has 0 saturated heterocycles. The van der Waals surface area contributed by atoms with Crippen LogP contribution in [0.15, 0.2) is 0 Å². The molecule has 0 aromatic rings. The van der Waals surface area contributed by atoms with Crippen LogP contribution >= 0.6 is 0 Å². The van der Waals surface area contributed by atoms with Crippen molar-refractivity contribution in [2.75, 3.05) is 13.7 Å². The topological polar surface area (TPSA) is 89.8 Å². The first-order valence-electron chi connectivity index (χ1n) is 4.62. The molecule has 14 heavy (non-hydrogen) atoms. The van der Waals surface area contributed by atoms with E-state index < -0.39 is 30.0 Å². The minimum atomic E-state index is -1.14. The lowest BCUT2D eigenvalue weighted by Gasteiger charge is -2.38. The van der Waals surface area contributed by atoms with Crippen LogP contribution in [0.3, 0.4) is 0 Å². The maximum atomic E-state index is 10.7. The van der Waals surface area contributed by atoms with Crippen molar-refractivity contribution in [3.8, 4) is 0 Å². The first-order valence-corrected chi connectivity index (χ1v) is 4.62. The number of aliphatic hydroxyl groups excluding tert-OH is 2. The Hall–Kier alpha value is -0.650. The van der Waals surface area contributed by atoms with Gasteiger partial charge in [-0.3, -0.25) is 0 Å². The van der Waals surface area contributed by atoms with E-state index in [0.717, 1.165) is 0 Å². The summed E-state index contributed by atoms with van der Waals surface area (Å²) in [5.41, 5.74) is 0. The smallest absolute Gasteiger partial charge is 0.0852 e. The molecule has 0 aromatic carbocycles. The Morgan fingerprint density at radius 2 is 2.21 bits per heavy atom. The molecule has 4 atom stereocenters. The summed E-state index contributed by atoms with van der Waals surface area (Å²) in [6.45, 7) is -0.231. The molecule has 82 valence electrons. The second-order valence-corrected chi connectivity index (χ2v) is 3.69. The fourth-order valence-corrected chi connectivity index (χ4v) is 1.94. The van der Waals surface area contributed by atoms with E-state index in [-0.39, 0.29) is 19.4 Å². The Labute approximate surface area is 82.3 Å². The average Bonchev–Trinajstić information content (AvgIpc) is 2.17. The van der Waals surface area contributed by atoms with Crippen LogP contribution in [0.4, 0.5) is 0 Å². The Morgan fingerprint density at radius 3 is 2.64 bits per heavy atom. The van der Waals surface area contributed by atoms with E-state index in [2.05, 4.69) is 0 Å². The molecule has 0 amide bonds. The summed E-state index contributed by atoms with van der Waals surface area (Å²) in [6, 6.07) is 0. The molecule has 1 saturated carbocycles. The minimum absolute atomic E-state index is 0.231. The van der Waals surface area contributed by atoms with Crippen molar-refractivity contribution < 1.29 is 24.9 Å². The predicted octanol–water partition coefficient (Wildman–Crippen LogP) is -1.87. The van der Waals surface area contributed by atoms with Gasteiger partial charge in [0.15, 0.2) is 0 Å². The Bertz CT molecular complexity index is 191. The first kappa shape index (κ1) is 11.4. The van der Waals surface area contributed by atoms with Gasteiger partial charge in [-0.15, -0.1) is 0 Å². The maximum absolute atomic E-state index is 10.7. The number of carbonyl (C=O) groups excluding carboxylic acids is 1. The number of hydrogen-bond acceptors (Lipinski definition) is 5. The van der Waals surface area contributed by atoms with Crippen LogP contribution in [0.2, 0.25) is 0 Å². The van der Waals surface area contributed by atoms with E-state index in [4.69, 9.17) is 9.84 Å². The third kappa shape index (κ3) is 2.23. The zero-order chi connectivity index (χ0) is 10.7. The summed E-state index contributed by atoms with van der Waals surface area (Å²) in [7, 11) is 1.42. The predicted molar refractivity (Wildman–Crippen MR) is 45.1 cm³/mol. The first-order chi connectivity index (χ1) is 6.60. The molecule has 4 unspecified atom stereocenters. The van der Waals surface area contributed by atoms with Crippen LogP contribution in [0.25, 0.3) is 0 Å². The van der Waals surface area contributed by atoms with E-state index in [9.17, 15) is 15.0 Å². The molecule has 1 rings (SSSR count). The zero-order valence-electron chi connectivity index (χ0n) is 8.05. The van der Waals surface area contributed by atoms with Gasteiger partial charge in [0.25, 0.3) is 0 Å². The second kappa shape index (κ2) is 4.72. The molecule has 1 aliphatic rings. The van der Waals surface area contributed by atoms with Gasteiger partial charge in [0.05, 0.1) is 12.2 Å². The van der Waals surface area contributed by atoms with Crippen LogP contribution in [-0.2, 0) is 9.53 Å². The van der Waals surface area contributed by atoms with Crippen molar-refractivity contribution in [3.63, 3.8) is 0 Å². The molecule has 1 aliphatic carbocycles. The summed E-state index contributed by atoms with van der Waals surface area (Å²) >= 11 is 0. The van der Waals surface area contributed by atoms with Crippen molar-refractivity contribution in [2.45, 2.75) is 25.0 Å². The normalized spacial score (nSPS) is 38.2. The molecule has 0 radical (unpaired) electrons. The SMILES string of the molecule is COC1CC(C(=O)[O-])CC(CO)C1O. The van der Waals surface area contributed by atoms with Crippen molar-refractivity contribution >= 4 is 5.97 Å². The van der Waals surface area contributed by atoms with Gasteiger partial charge in [-0.1, -0.05) is 0 Å². The molecule has 0 spiro atoms. The molecule has 0 aliphatic heterocycles. The third-order valence-electron chi connectivity index (χ3n) is 2.84. The standard InChI is InChI=1S/C9H16O5/c1-14-7-3-5(9(12)13)2-6(4-10)8(7)11/h5-8,10-11H,2-4H2,1H3,(H,12,13)/p-1. The van der Waals surface area contributed by atoms with Crippen molar-refractivity contribution in [1.82, 2.24) is 0 Å². The molecule has 0 aromatic heterocycles. The number of hydrogen-bond donors (Lipinski definition) is 2. The summed E-state index contributed by atoms with van der Waals surface area (Å²) < 4.78 is 4.96. The van der Waals surface area contributed by atoms with Gasteiger partial charge < -0.3 is 24.9 Å². The number of methoxy groups -OCH3 is 1. The van der Waals surface area contributed by atoms with E-state index in [1.807, 2.05) is 0 Å². The van der Waals surface area contributed by atoms with Gasteiger partial charge >= 0.3 is 0 Å². The van der Waals surface area contributed by atoms with Crippen LogP contribution in [0, 0.1) is 11.8 Å². The lowest BCUT2D eigenvalue weighted by Crippen LogP contribution is -2.48. The van der Waals surface area contributed by atoms with Gasteiger partial charge in [-0.25, -0.2) is 0 Å². The van der Waals surface area contributed by atoms with Crippen molar-refractivity contribution in [3.05, 3.63) is 0 Å². The molecule has 5 nitrogen and oxygen atoms in total. The molecule has 2 N–H and O–H groups in total. The highest BCUT2D eigenvalue weighted by atomic mass is 16.5. The van der Waals surface area contributed by atoms with E-state index in [1.165, 1.54) is 7.11 Å². The van der Waals surface area contributed by atoms with Gasteiger partial charge in [0, 0.05) is 31.5 Å². The second-order valence-electron chi connectivity index (χ2n) is 3.69. The lowest BCUT2D eigenvalue weighted by atomic mass is 9.78. The van der Waals surface area contributed by atoms with E-state index in [0.29, 0.717) is 0 Å². The highest BCUT2D eigenvalue weighted by molar-refractivity contribution is 5.67. The molecule has 1 fully saturated rings. The summed E-state index contributed by atoms with van der Waals surface area (Å²) in [4.78, 5) is 10.7. The average molecular weight is 203 g/mol. The van der Waals surface area contributed by atoms with Gasteiger partial charge in [0.1, 0.15) is 0 Å². The Morgan fingerprint density at radius 1 is 1.57 bits per heavy atom. The van der Waals surface area contributed by atoms with E-state index >= 15 is 0 Å². The zero-order valence-corrected chi connectivity index (χ0v) is 8.05. The van der Waals surface area contributed by atoms with Crippen LogP contribution < -0.4 is 5.11 Å². The van der Waals surface area contributed by atoms with Crippen LogP contribution in [0.5, 0.6) is 0 Å². The number of carboxylic acid groups (broad SMARTS) is 1. The number of aliphatic carboxylic acids is 1. The highest BCUT2D eigenvalue weighted by Crippen LogP contribution is 2.30. The fraction of sp³-hybridized carbons (Fsp3) is 0.889. The Kier molecular flexibility index (Phi) is 3.86. The largest absolute Gasteiger partial charge is 0.550 e. The molecular weight excluding hydrogens is 188 g/mol. The molecular formula is C9H15O5-. The summed E-state index contributed by atoms with van der Waals surface area (Å²) in [5.74, 6) is -2.21. The van der Waals surface area contributed by atoms with Gasteiger partial charge in [-0.2, -0.15) is 0 Å². The molecule has 5 heteroatoms. The summed E-state index contributed by atoms with van der Waals surface area (Å²) in [5, 5.41) is 29.2. The van der Waals surface area contributed by atoms with Gasteiger partial charge in [-0.05, 0) is 12.8 Å². The van der Waals surface area contributed by atoms with Crippen LogP contribution in [0.1, 0.15) is 12.8 Å². The Balaban J connectivity index is 2.68. The number of aliphatic hydroxyl groups is 2. The highest BCUT2D eigenvalue weighted by Gasteiger charge is 2.36. The number of ether oxygens (including phenoxy) is 1. The number of carboxylic acids is 1. The van der Waals surface area contributed by atoms with Crippen LogP contribution in [-0.4, -0.2) is 42.1 Å². The number of rotatable bonds is 3. The number of carbonyl (C=O) groups is 1.